The van der Waals surface area contributed by atoms with Crippen LogP contribution in [0.1, 0.15) is 12.0 Å². The number of methoxy groups -OCH3 is 1. The first-order valence-electron chi connectivity index (χ1n) is 8.52. The van der Waals surface area contributed by atoms with Gasteiger partial charge >= 0.3 is 0 Å². The van der Waals surface area contributed by atoms with Gasteiger partial charge in [0.1, 0.15) is 0 Å². The molecule has 2 rings (SSSR count). The average Bonchev–Trinajstić information content (AvgIpc) is 2.58. The molecule has 0 atom stereocenters. The highest BCUT2D eigenvalue weighted by Crippen LogP contribution is 2.06. The van der Waals surface area contributed by atoms with E-state index in [0.717, 1.165) is 39.1 Å². The molecule has 0 radical (unpaired) electrons. The standard InChI is InChI=1S/C18H29N3O2/c1-23-15-9-19-18(22)16-21-13-11-20(12-14-21)10-5-8-17-6-3-2-4-7-17/h2-4,6-7H,5,8-16H2,1H3,(H,19,22). The van der Waals surface area contributed by atoms with Crippen molar-refractivity contribution in [3.05, 3.63) is 35.9 Å². The van der Waals surface area contributed by atoms with Crippen molar-refractivity contribution in [2.24, 2.45) is 0 Å². The molecule has 1 saturated heterocycles. The van der Waals surface area contributed by atoms with Crippen LogP contribution >= 0.6 is 0 Å². The van der Waals surface area contributed by atoms with Crippen molar-refractivity contribution in [2.45, 2.75) is 12.8 Å². The van der Waals surface area contributed by atoms with Gasteiger partial charge in [-0.3, -0.25) is 9.69 Å². The maximum absolute atomic E-state index is 11.8. The predicted octanol–water partition coefficient (Wildman–Crippen LogP) is 0.999. The summed E-state index contributed by atoms with van der Waals surface area (Å²) in [7, 11) is 1.64. The van der Waals surface area contributed by atoms with Crippen LogP contribution in [-0.4, -0.2) is 75.2 Å². The van der Waals surface area contributed by atoms with E-state index in [1.165, 1.54) is 12.0 Å². The molecule has 1 aromatic rings. The van der Waals surface area contributed by atoms with Gasteiger partial charge in [0.25, 0.3) is 0 Å². The van der Waals surface area contributed by atoms with Gasteiger partial charge in [0.2, 0.25) is 5.91 Å². The Kier molecular flexibility index (Phi) is 8.07. The highest BCUT2D eigenvalue weighted by Gasteiger charge is 2.18. The third-order valence-corrected chi connectivity index (χ3v) is 4.24. The fourth-order valence-corrected chi connectivity index (χ4v) is 2.87. The molecular weight excluding hydrogens is 290 g/mol. The third kappa shape index (κ3) is 7.12. The van der Waals surface area contributed by atoms with Gasteiger partial charge in [0.05, 0.1) is 13.2 Å². The summed E-state index contributed by atoms with van der Waals surface area (Å²) in [6.45, 7) is 6.87. The summed E-state index contributed by atoms with van der Waals surface area (Å²) in [4.78, 5) is 16.5. The Morgan fingerprint density at radius 2 is 1.83 bits per heavy atom. The Bertz CT molecular complexity index is 445. The van der Waals surface area contributed by atoms with E-state index in [-0.39, 0.29) is 5.91 Å². The Balaban J connectivity index is 1.56. The van der Waals surface area contributed by atoms with Gasteiger partial charge in [-0.2, -0.15) is 0 Å². The van der Waals surface area contributed by atoms with E-state index in [0.29, 0.717) is 19.7 Å². The monoisotopic (exact) mass is 319 g/mol. The van der Waals surface area contributed by atoms with Crippen LogP contribution in [0.4, 0.5) is 0 Å². The lowest BCUT2D eigenvalue weighted by atomic mass is 10.1. The highest BCUT2D eigenvalue weighted by molar-refractivity contribution is 5.77. The quantitative estimate of drug-likeness (QED) is 0.690. The summed E-state index contributed by atoms with van der Waals surface area (Å²) >= 11 is 0. The molecule has 0 spiro atoms. The topological polar surface area (TPSA) is 44.8 Å². The van der Waals surface area contributed by atoms with Crippen LogP contribution in [0, 0.1) is 0 Å². The highest BCUT2D eigenvalue weighted by atomic mass is 16.5. The van der Waals surface area contributed by atoms with Crippen molar-refractivity contribution in [1.82, 2.24) is 15.1 Å². The molecule has 0 aliphatic carbocycles. The van der Waals surface area contributed by atoms with E-state index in [1.807, 2.05) is 0 Å². The molecule has 0 aromatic heterocycles. The number of nitrogens with one attached hydrogen (secondary N) is 1. The van der Waals surface area contributed by atoms with Crippen molar-refractivity contribution < 1.29 is 9.53 Å². The number of ether oxygens (including phenoxy) is 1. The van der Waals surface area contributed by atoms with E-state index in [4.69, 9.17) is 4.74 Å². The summed E-state index contributed by atoms with van der Waals surface area (Å²) < 4.78 is 4.93. The summed E-state index contributed by atoms with van der Waals surface area (Å²) in [5.74, 6) is 0.0968. The molecule has 0 unspecified atom stereocenters. The van der Waals surface area contributed by atoms with Crippen molar-refractivity contribution in [1.29, 1.82) is 0 Å². The van der Waals surface area contributed by atoms with Crippen molar-refractivity contribution in [3.63, 3.8) is 0 Å². The molecule has 1 N–H and O–H groups in total. The van der Waals surface area contributed by atoms with Crippen molar-refractivity contribution in [3.8, 4) is 0 Å². The fraction of sp³-hybridized carbons (Fsp3) is 0.611. The average molecular weight is 319 g/mol. The molecule has 1 aliphatic rings. The molecule has 5 nitrogen and oxygen atoms in total. The number of rotatable bonds is 9. The molecule has 1 fully saturated rings. The maximum atomic E-state index is 11.8. The first kappa shape index (κ1) is 17.9. The zero-order valence-corrected chi connectivity index (χ0v) is 14.2. The summed E-state index contributed by atoms with van der Waals surface area (Å²) in [5.41, 5.74) is 1.42. The second-order valence-electron chi connectivity index (χ2n) is 6.05. The van der Waals surface area contributed by atoms with Crippen LogP contribution in [0.2, 0.25) is 0 Å². The van der Waals surface area contributed by atoms with E-state index >= 15 is 0 Å². The van der Waals surface area contributed by atoms with Crippen molar-refractivity contribution in [2.75, 3.05) is 59.5 Å². The number of aryl methyl sites for hydroxylation is 1. The zero-order valence-electron chi connectivity index (χ0n) is 14.2. The maximum Gasteiger partial charge on any atom is 0.234 e. The van der Waals surface area contributed by atoms with Gasteiger partial charge in [-0.25, -0.2) is 0 Å². The number of piperazine rings is 1. The lowest BCUT2D eigenvalue weighted by Gasteiger charge is -2.34. The number of hydrogen-bond acceptors (Lipinski definition) is 4. The first-order valence-corrected chi connectivity index (χ1v) is 8.52. The van der Waals surface area contributed by atoms with Crippen LogP contribution < -0.4 is 5.32 Å². The van der Waals surface area contributed by atoms with Gasteiger partial charge in [-0.05, 0) is 24.9 Å². The van der Waals surface area contributed by atoms with Gasteiger partial charge in [0, 0.05) is 39.8 Å². The lowest BCUT2D eigenvalue weighted by molar-refractivity contribution is -0.122. The summed E-state index contributed by atoms with van der Waals surface area (Å²) in [5, 5.41) is 2.88. The molecule has 1 amide bonds. The molecular formula is C18H29N3O2. The van der Waals surface area contributed by atoms with Gasteiger partial charge in [-0.1, -0.05) is 30.3 Å². The Morgan fingerprint density at radius 1 is 1.13 bits per heavy atom. The van der Waals surface area contributed by atoms with Crippen LogP contribution in [0.3, 0.4) is 0 Å². The lowest BCUT2D eigenvalue weighted by Crippen LogP contribution is -2.49. The molecule has 0 bridgehead atoms. The second-order valence-corrected chi connectivity index (χ2v) is 6.05. The van der Waals surface area contributed by atoms with Crippen LogP contribution in [0.25, 0.3) is 0 Å². The van der Waals surface area contributed by atoms with E-state index in [9.17, 15) is 4.79 Å². The Hall–Kier alpha value is -1.43. The number of hydrogen-bond donors (Lipinski definition) is 1. The normalized spacial score (nSPS) is 16.4. The minimum absolute atomic E-state index is 0.0968. The summed E-state index contributed by atoms with van der Waals surface area (Å²) in [6, 6.07) is 10.7. The molecule has 128 valence electrons. The SMILES string of the molecule is COCCNC(=O)CN1CCN(CCCc2ccccc2)CC1. The molecule has 1 aromatic carbocycles. The van der Waals surface area contributed by atoms with E-state index in [2.05, 4.69) is 45.4 Å². The number of amides is 1. The van der Waals surface area contributed by atoms with Crippen LogP contribution in [-0.2, 0) is 16.0 Å². The minimum atomic E-state index is 0.0968. The largest absolute Gasteiger partial charge is 0.383 e. The number of carbonyl (C=O) groups excluding carboxylic acids is 1. The molecule has 1 heterocycles. The Labute approximate surface area is 139 Å². The predicted molar refractivity (Wildman–Crippen MR) is 92.5 cm³/mol. The van der Waals surface area contributed by atoms with Crippen LogP contribution in [0.15, 0.2) is 30.3 Å². The summed E-state index contributed by atoms with van der Waals surface area (Å²) in [6.07, 6.45) is 2.34. The first-order chi connectivity index (χ1) is 11.3. The fourth-order valence-electron chi connectivity index (χ4n) is 2.87. The van der Waals surface area contributed by atoms with E-state index < -0.39 is 0 Å². The third-order valence-electron chi connectivity index (χ3n) is 4.24. The van der Waals surface area contributed by atoms with Gasteiger partial charge in [-0.15, -0.1) is 0 Å². The van der Waals surface area contributed by atoms with Crippen LogP contribution in [0.5, 0.6) is 0 Å². The zero-order chi connectivity index (χ0) is 16.3. The molecule has 23 heavy (non-hydrogen) atoms. The number of nitrogens with zero attached hydrogens (tertiary/aromatic N) is 2. The van der Waals surface area contributed by atoms with Gasteiger partial charge < -0.3 is 15.0 Å². The number of carbonyl (C=O) groups is 1. The number of benzene rings is 1. The molecule has 5 heteroatoms. The molecule has 0 saturated carbocycles. The smallest absolute Gasteiger partial charge is 0.234 e. The van der Waals surface area contributed by atoms with E-state index in [1.54, 1.807) is 7.11 Å². The van der Waals surface area contributed by atoms with Gasteiger partial charge in [0.15, 0.2) is 0 Å². The minimum Gasteiger partial charge on any atom is -0.383 e. The Morgan fingerprint density at radius 3 is 2.52 bits per heavy atom. The second kappa shape index (κ2) is 10.4. The van der Waals surface area contributed by atoms with Crippen molar-refractivity contribution >= 4 is 5.91 Å². The molecule has 1 aliphatic heterocycles.